The van der Waals surface area contributed by atoms with Crippen LogP contribution < -0.4 is 5.32 Å². The summed E-state index contributed by atoms with van der Waals surface area (Å²) in [5, 5.41) is 12.0. The fraction of sp³-hybridized carbons (Fsp3) is 0.500. The third-order valence-corrected chi connectivity index (χ3v) is 3.70. The first-order valence-corrected chi connectivity index (χ1v) is 6.86. The van der Waals surface area contributed by atoms with E-state index in [4.69, 9.17) is 0 Å². The van der Waals surface area contributed by atoms with Gasteiger partial charge in [-0.1, -0.05) is 0 Å². The molecule has 20 heavy (non-hydrogen) atoms. The van der Waals surface area contributed by atoms with Crippen LogP contribution >= 0.6 is 0 Å². The molecule has 1 saturated heterocycles. The molecular weight excluding hydrogens is 256 g/mol. The molecule has 104 valence electrons. The average Bonchev–Trinajstić information content (AvgIpc) is 3.00. The van der Waals surface area contributed by atoms with Crippen LogP contribution in [-0.2, 0) is 6.54 Å². The van der Waals surface area contributed by atoms with Crippen molar-refractivity contribution in [3.8, 4) is 0 Å². The van der Waals surface area contributed by atoms with Crippen LogP contribution in [0.5, 0.6) is 0 Å². The Hall–Kier alpha value is -2.06. The van der Waals surface area contributed by atoms with Gasteiger partial charge < -0.3 is 10.3 Å². The zero-order valence-electron chi connectivity index (χ0n) is 11.1. The Morgan fingerprint density at radius 3 is 3.15 bits per heavy atom. The van der Waals surface area contributed by atoms with E-state index in [0.717, 1.165) is 49.7 Å². The van der Waals surface area contributed by atoms with Gasteiger partial charge in [-0.05, 0) is 19.5 Å². The number of H-pyrrole nitrogens is 1. The molecule has 1 fully saturated rings. The summed E-state index contributed by atoms with van der Waals surface area (Å²) in [6, 6.07) is 0. The van der Waals surface area contributed by atoms with E-state index in [0.29, 0.717) is 5.65 Å². The lowest BCUT2D eigenvalue weighted by Crippen LogP contribution is -2.28. The van der Waals surface area contributed by atoms with Crippen LogP contribution in [0, 0.1) is 0 Å². The monoisotopic (exact) mass is 272 g/mol. The number of rotatable bonds is 2. The first-order chi connectivity index (χ1) is 9.92. The van der Waals surface area contributed by atoms with E-state index in [1.807, 2.05) is 4.40 Å². The first kappa shape index (κ1) is 11.7. The predicted molar refractivity (Wildman–Crippen MR) is 73.2 cm³/mol. The Labute approximate surface area is 115 Å². The van der Waals surface area contributed by atoms with E-state index in [-0.39, 0.29) is 0 Å². The number of fused-ring (bicyclic) bond motifs is 3. The molecule has 8 nitrogen and oxygen atoms in total. The highest BCUT2D eigenvalue weighted by Crippen LogP contribution is 2.14. The summed E-state index contributed by atoms with van der Waals surface area (Å²) in [7, 11) is 0. The second-order valence-corrected chi connectivity index (χ2v) is 5.04. The van der Waals surface area contributed by atoms with Crippen LogP contribution in [0.3, 0.4) is 0 Å². The van der Waals surface area contributed by atoms with Gasteiger partial charge in [0.15, 0.2) is 17.1 Å². The Bertz CT molecular complexity index is 721. The summed E-state index contributed by atoms with van der Waals surface area (Å²) in [5.74, 6) is 0.922. The van der Waals surface area contributed by atoms with Crippen molar-refractivity contribution in [3.05, 3.63) is 18.5 Å². The van der Waals surface area contributed by atoms with Gasteiger partial charge >= 0.3 is 0 Å². The van der Waals surface area contributed by atoms with E-state index >= 15 is 0 Å². The van der Waals surface area contributed by atoms with Crippen LogP contribution in [0.25, 0.3) is 16.8 Å². The van der Waals surface area contributed by atoms with Crippen molar-refractivity contribution in [1.82, 2.24) is 39.8 Å². The van der Waals surface area contributed by atoms with Crippen molar-refractivity contribution in [2.45, 2.75) is 13.0 Å². The zero-order valence-corrected chi connectivity index (χ0v) is 11.1. The van der Waals surface area contributed by atoms with E-state index in [1.54, 1.807) is 12.7 Å². The zero-order chi connectivity index (χ0) is 13.4. The van der Waals surface area contributed by atoms with Gasteiger partial charge in [-0.25, -0.2) is 9.97 Å². The van der Waals surface area contributed by atoms with Gasteiger partial charge in [-0.15, -0.1) is 10.2 Å². The first-order valence-electron chi connectivity index (χ1n) is 6.86. The summed E-state index contributed by atoms with van der Waals surface area (Å²) in [6.07, 6.45) is 4.55. The number of aromatic amines is 1. The van der Waals surface area contributed by atoms with Gasteiger partial charge in [0.2, 0.25) is 0 Å². The van der Waals surface area contributed by atoms with Crippen LogP contribution in [-0.4, -0.2) is 60.6 Å². The summed E-state index contributed by atoms with van der Waals surface area (Å²) < 4.78 is 1.94. The molecular formula is C12H16N8. The lowest BCUT2D eigenvalue weighted by atomic mass is 10.4. The van der Waals surface area contributed by atoms with Gasteiger partial charge in [-0.2, -0.15) is 0 Å². The van der Waals surface area contributed by atoms with Crippen molar-refractivity contribution in [1.29, 1.82) is 0 Å². The van der Waals surface area contributed by atoms with E-state index in [1.165, 1.54) is 6.42 Å². The molecule has 0 saturated carbocycles. The molecule has 0 bridgehead atoms. The van der Waals surface area contributed by atoms with Gasteiger partial charge in [0.1, 0.15) is 11.8 Å². The number of aromatic nitrogens is 6. The fourth-order valence-corrected chi connectivity index (χ4v) is 2.64. The maximum absolute atomic E-state index is 4.32. The molecule has 2 N–H and O–H groups in total. The van der Waals surface area contributed by atoms with Gasteiger partial charge in [0.25, 0.3) is 0 Å². The molecule has 0 spiro atoms. The van der Waals surface area contributed by atoms with Crippen LogP contribution in [0.15, 0.2) is 12.7 Å². The van der Waals surface area contributed by atoms with E-state index in [2.05, 4.69) is 35.4 Å². The van der Waals surface area contributed by atoms with Crippen LogP contribution in [0.4, 0.5) is 0 Å². The predicted octanol–water partition coefficient (Wildman–Crippen LogP) is -0.204. The molecule has 4 rings (SSSR count). The minimum atomic E-state index is 0.676. The molecule has 0 atom stereocenters. The molecule has 0 aromatic carbocycles. The Morgan fingerprint density at radius 2 is 2.15 bits per heavy atom. The highest BCUT2D eigenvalue weighted by molar-refractivity contribution is 5.84. The third-order valence-electron chi connectivity index (χ3n) is 3.70. The molecule has 0 aliphatic carbocycles. The maximum Gasteiger partial charge on any atom is 0.189 e. The Kier molecular flexibility index (Phi) is 2.82. The quantitative estimate of drug-likeness (QED) is 0.671. The molecule has 4 heterocycles. The molecule has 0 amide bonds. The standard InChI is InChI=1S/C12H16N8/c1-2-13-3-5-19(4-1)6-9-17-18-12-10-11(15-7-14-10)16-8-20(9)12/h7-8,13H,1-6H2,(H,14,15). The third kappa shape index (κ3) is 1.93. The number of hydrogen-bond acceptors (Lipinski definition) is 6. The normalized spacial score (nSPS) is 17.8. The largest absolute Gasteiger partial charge is 0.340 e. The van der Waals surface area contributed by atoms with Gasteiger partial charge in [-0.3, -0.25) is 9.30 Å². The summed E-state index contributed by atoms with van der Waals surface area (Å²) in [5.41, 5.74) is 2.30. The molecule has 1 aliphatic rings. The molecule has 0 radical (unpaired) electrons. The highest BCUT2D eigenvalue weighted by atomic mass is 15.3. The SMILES string of the molecule is c1nc2ncn3c(CN4CCCNCC4)nnc3c2[nH]1. The molecule has 3 aromatic rings. The van der Waals surface area contributed by atoms with E-state index < -0.39 is 0 Å². The van der Waals surface area contributed by atoms with Gasteiger partial charge in [0, 0.05) is 13.1 Å². The second-order valence-electron chi connectivity index (χ2n) is 5.04. The Balaban J connectivity index is 1.69. The van der Waals surface area contributed by atoms with Crippen LogP contribution in [0.1, 0.15) is 12.2 Å². The van der Waals surface area contributed by atoms with Crippen molar-refractivity contribution in [2.24, 2.45) is 0 Å². The topological polar surface area (TPSA) is 87.0 Å². The number of nitrogens with one attached hydrogen (secondary N) is 2. The Morgan fingerprint density at radius 1 is 1.15 bits per heavy atom. The van der Waals surface area contributed by atoms with Crippen molar-refractivity contribution >= 4 is 16.8 Å². The highest BCUT2D eigenvalue weighted by Gasteiger charge is 2.15. The average molecular weight is 272 g/mol. The van der Waals surface area contributed by atoms with Crippen molar-refractivity contribution < 1.29 is 0 Å². The summed E-state index contributed by atoms with van der Waals surface area (Å²) in [4.78, 5) is 13.9. The molecule has 0 unspecified atom stereocenters. The summed E-state index contributed by atoms with van der Waals surface area (Å²) >= 11 is 0. The molecule has 1 aliphatic heterocycles. The van der Waals surface area contributed by atoms with Crippen molar-refractivity contribution in [2.75, 3.05) is 26.2 Å². The fourth-order valence-electron chi connectivity index (χ4n) is 2.64. The smallest absolute Gasteiger partial charge is 0.189 e. The number of hydrogen-bond donors (Lipinski definition) is 2. The molecule has 3 aromatic heterocycles. The lowest BCUT2D eigenvalue weighted by molar-refractivity contribution is 0.276. The molecule has 8 heteroatoms. The van der Waals surface area contributed by atoms with E-state index in [9.17, 15) is 0 Å². The number of nitrogens with zero attached hydrogens (tertiary/aromatic N) is 6. The minimum Gasteiger partial charge on any atom is -0.340 e. The second kappa shape index (κ2) is 4.80. The van der Waals surface area contributed by atoms with Crippen LogP contribution in [0.2, 0.25) is 0 Å². The van der Waals surface area contributed by atoms with Crippen molar-refractivity contribution in [3.63, 3.8) is 0 Å². The number of imidazole rings is 1. The van der Waals surface area contributed by atoms with Gasteiger partial charge in [0.05, 0.1) is 12.9 Å². The summed E-state index contributed by atoms with van der Waals surface area (Å²) in [6.45, 7) is 5.04. The maximum atomic E-state index is 4.32. The minimum absolute atomic E-state index is 0.676. The lowest BCUT2D eigenvalue weighted by Gasteiger charge is -2.17.